The lowest BCUT2D eigenvalue weighted by Gasteiger charge is -2.15. The van der Waals surface area contributed by atoms with Crippen LogP contribution in [0.3, 0.4) is 0 Å². The molecule has 5 nitrogen and oxygen atoms in total. The maximum Gasteiger partial charge on any atom is 0.253 e. The first kappa shape index (κ1) is 12.7. The second kappa shape index (κ2) is 4.77. The quantitative estimate of drug-likeness (QED) is 0.751. The van der Waals surface area contributed by atoms with Crippen LogP contribution in [0.15, 0.2) is 24.4 Å². The Morgan fingerprint density at radius 3 is 3.00 bits per heavy atom. The van der Waals surface area contributed by atoms with E-state index in [9.17, 15) is 4.79 Å². The molecule has 2 aromatic rings. The summed E-state index contributed by atoms with van der Waals surface area (Å²) >= 11 is 0. The van der Waals surface area contributed by atoms with Crippen molar-refractivity contribution in [3.05, 3.63) is 30.0 Å². The fourth-order valence-corrected chi connectivity index (χ4v) is 3.27. The van der Waals surface area contributed by atoms with Gasteiger partial charge in [-0.25, -0.2) is 0 Å². The molecule has 1 saturated heterocycles. The van der Waals surface area contributed by atoms with Gasteiger partial charge < -0.3 is 16.0 Å². The molecule has 4 N–H and O–H groups in total. The highest BCUT2D eigenvalue weighted by Crippen LogP contribution is 2.30. The minimum Gasteiger partial charge on any atom is -0.399 e. The van der Waals surface area contributed by atoms with Crippen LogP contribution < -0.4 is 11.1 Å². The molecule has 2 aliphatic rings. The molecular weight excluding hydrogens is 264 g/mol. The van der Waals surface area contributed by atoms with E-state index in [0.29, 0.717) is 11.3 Å². The topological polar surface area (TPSA) is 74.1 Å². The zero-order chi connectivity index (χ0) is 14.4. The first-order valence-electron chi connectivity index (χ1n) is 7.62. The molecule has 1 atom stereocenters. The van der Waals surface area contributed by atoms with E-state index in [1.54, 1.807) is 6.20 Å². The molecule has 1 aliphatic carbocycles. The minimum atomic E-state index is -0.00510. The second-order valence-corrected chi connectivity index (χ2v) is 6.19. The van der Waals surface area contributed by atoms with Gasteiger partial charge in [-0.1, -0.05) is 0 Å². The van der Waals surface area contributed by atoms with E-state index in [-0.39, 0.29) is 11.9 Å². The van der Waals surface area contributed by atoms with Crippen LogP contribution in [0.25, 0.3) is 10.9 Å². The van der Waals surface area contributed by atoms with E-state index in [0.717, 1.165) is 36.5 Å². The molecule has 1 aromatic carbocycles. The van der Waals surface area contributed by atoms with Crippen molar-refractivity contribution in [1.29, 1.82) is 0 Å². The summed E-state index contributed by atoms with van der Waals surface area (Å²) in [6.45, 7) is 2.09. The van der Waals surface area contributed by atoms with Crippen LogP contribution in [0.2, 0.25) is 0 Å². The summed E-state index contributed by atoms with van der Waals surface area (Å²) in [5.41, 5.74) is 8.13. The van der Waals surface area contributed by atoms with Crippen molar-refractivity contribution in [1.82, 2.24) is 15.2 Å². The smallest absolute Gasteiger partial charge is 0.253 e. The second-order valence-electron chi connectivity index (χ2n) is 6.19. The molecule has 0 radical (unpaired) electrons. The molecule has 0 spiro atoms. The number of aromatic amines is 1. The molecule has 1 aromatic heterocycles. The van der Waals surface area contributed by atoms with Crippen LogP contribution in [-0.2, 0) is 0 Å². The predicted octanol–water partition coefficient (Wildman–Crippen LogP) is 1.72. The third kappa shape index (κ3) is 2.38. The van der Waals surface area contributed by atoms with Gasteiger partial charge in [-0.15, -0.1) is 0 Å². The van der Waals surface area contributed by atoms with E-state index in [2.05, 4.69) is 15.2 Å². The van der Waals surface area contributed by atoms with Crippen LogP contribution in [0.4, 0.5) is 5.69 Å². The number of amides is 1. The average Bonchev–Trinajstić information content (AvgIpc) is 3.07. The number of likely N-dealkylation sites (tertiary alicyclic amines) is 1. The molecule has 0 bridgehead atoms. The monoisotopic (exact) mass is 284 g/mol. The fraction of sp³-hybridized carbons (Fsp3) is 0.438. The Bertz CT molecular complexity index is 689. The zero-order valence-corrected chi connectivity index (χ0v) is 11.9. The number of nitrogens with zero attached hydrogens (tertiary/aromatic N) is 1. The van der Waals surface area contributed by atoms with Gasteiger partial charge in [0.1, 0.15) is 0 Å². The van der Waals surface area contributed by atoms with E-state index in [1.165, 1.54) is 12.8 Å². The van der Waals surface area contributed by atoms with E-state index >= 15 is 0 Å². The SMILES string of the molecule is Nc1ccc2[nH]cc(C(=O)NC3CCN(C4CC4)C3)c2c1. The van der Waals surface area contributed by atoms with Crippen LogP contribution >= 0.6 is 0 Å². The summed E-state index contributed by atoms with van der Waals surface area (Å²) < 4.78 is 0. The third-order valence-corrected chi connectivity index (χ3v) is 4.57. The van der Waals surface area contributed by atoms with Crippen molar-refractivity contribution in [2.24, 2.45) is 0 Å². The lowest BCUT2D eigenvalue weighted by Crippen LogP contribution is -2.37. The van der Waals surface area contributed by atoms with Gasteiger partial charge in [0, 0.05) is 48.0 Å². The standard InChI is InChI=1S/C16H20N4O/c17-10-1-4-15-13(7-10)14(8-18-15)16(21)19-11-5-6-20(9-11)12-2-3-12/h1,4,7-8,11-12,18H,2-3,5-6,9,17H2,(H,19,21). The maximum atomic E-state index is 12.5. The van der Waals surface area contributed by atoms with Gasteiger partial charge in [0.2, 0.25) is 0 Å². The fourth-order valence-electron chi connectivity index (χ4n) is 3.27. The molecule has 1 aliphatic heterocycles. The van der Waals surface area contributed by atoms with Crippen LogP contribution in [0, 0.1) is 0 Å². The number of anilines is 1. The first-order valence-corrected chi connectivity index (χ1v) is 7.62. The summed E-state index contributed by atoms with van der Waals surface area (Å²) in [6.07, 6.45) is 5.46. The van der Waals surface area contributed by atoms with Crippen molar-refractivity contribution >= 4 is 22.5 Å². The van der Waals surface area contributed by atoms with Gasteiger partial charge in [0.05, 0.1) is 5.56 Å². The number of hydrogen-bond acceptors (Lipinski definition) is 3. The number of aromatic nitrogens is 1. The Kier molecular flexibility index (Phi) is 2.89. The van der Waals surface area contributed by atoms with Crippen molar-refractivity contribution in [2.75, 3.05) is 18.8 Å². The lowest BCUT2D eigenvalue weighted by molar-refractivity contribution is 0.0939. The van der Waals surface area contributed by atoms with Gasteiger partial charge in [0.25, 0.3) is 5.91 Å². The highest BCUT2D eigenvalue weighted by Gasteiger charge is 2.34. The Hall–Kier alpha value is -2.01. The summed E-state index contributed by atoms with van der Waals surface area (Å²) in [5, 5.41) is 4.06. The van der Waals surface area contributed by atoms with Gasteiger partial charge in [-0.2, -0.15) is 0 Å². The molecule has 110 valence electrons. The van der Waals surface area contributed by atoms with Crippen molar-refractivity contribution in [2.45, 2.75) is 31.3 Å². The van der Waals surface area contributed by atoms with Crippen LogP contribution in [0.5, 0.6) is 0 Å². The normalized spacial score (nSPS) is 22.8. The average molecular weight is 284 g/mol. The van der Waals surface area contributed by atoms with Gasteiger partial charge in [-0.3, -0.25) is 9.69 Å². The Balaban J connectivity index is 1.50. The molecule has 5 heteroatoms. The highest BCUT2D eigenvalue weighted by molar-refractivity contribution is 6.07. The molecule has 2 fully saturated rings. The predicted molar refractivity (Wildman–Crippen MR) is 83.2 cm³/mol. The molecular formula is C16H20N4O. The van der Waals surface area contributed by atoms with Crippen molar-refractivity contribution in [3.8, 4) is 0 Å². The number of hydrogen-bond donors (Lipinski definition) is 3. The number of rotatable bonds is 3. The maximum absolute atomic E-state index is 12.5. The summed E-state index contributed by atoms with van der Waals surface area (Å²) in [7, 11) is 0. The van der Waals surface area contributed by atoms with Crippen molar-refractivity contribution in [3.63, 3.8) is 0 Å². The third-order valence-electron chi connectivity index (χ3n) is 4.57. The van der Waals surface area contributed by atoms with Gasteiger partial charge >= 0.3 is 0 Å². The van der Waals surface area contributed by atoms with Gasteiger partial charge in [-0.05, 0) is 37.5 Å². The van der Waals surface area contributed by atoms with Crippen molar-refractivity contribution < 1.29 is 4.79 Å². The molecule has 2 heterocycles. The summed E-state index contributed by atoms with van der Waals surface area (Å²) in [6, 6.07) is 6.65. The number of nitrogen functional groups attached to an aromatic ring is 1. The number of nitrogens with one attached hydrogen (secondary N) is 2. The Morgan fingerprint density at radius 2 is 2.19 bits per heavy atom. The largest absolute Gasteiger partial charge is 0.399 e. The molecule has 1 unspecified atom stereocenters. The molecule has 1 saturated carbocycles. The van der Waals surface area contributed by atoms with E-state index < -0.39 is 0 Å². The van der Waals surface area contributed by atoms with Crippen LogP contribution in [-0.4, -0.2) is 41.0 Å². The van der Waals surface area contributed by atoms with E-state index in [1.807, 2.05) is 18.2 Å². The summed E-state index contributed by atoms with van der Waals surface area (Å²) in [4.78, 5) is 18.1. The number of benzene rings is 1. The number of H-pyrrole nitrogens is 1. The number of carbonyl (C=O) groups excluding carboxylic acids is 1. The number of nitrogens with two attached hydrogens (primary N) is 1. The van der Waals surface area contributed by atoms with Gasteiger partial charge in [0.15, 0.2) is 0 Å². The number of fused-ring (bicyclic) bond motifs is 1. The molecule has 4 rings (SSSR count). The highest BCUT2D eigenvalue weighted by atomic mass is 16.1. The van der Waals surface area contributed by atoms with E-state index in [4.69, 9.17) is 5.73 Å². The first-order chi connectivity index (χ1) is 10.2. The van der Waals surface area contributed by atoms with Crippen LogP contribution in [0.1, 0.15) is 29.6 Å². The molecule has 1 amide bonds. The minimum absolute atomic E-state index is 0.00510. The Morgan fingerprint density at radius 1 is 1.33 bits per heavy atom. The lowest BCUT2D eigenvalue weighted by atomic mass is 10.1. The molecule has 21 heavy (non-hydrogen) atoms. The Labute approximate surface area is 123 Å². The summed E-state index contributed by atoms with van der Waals surface area (Å²) in [5.74, 6) is -0.00510. The zero-order valence-electron chi connectivity index (χ0n) is 11.9. The number of carbonyl (C=O) groups is 1.